The van der Waals surface area contributed by atoms with Crippen LogP contribution in [0.2, 0.25) is 0 Å². The van der Waals surface area contributed by atoms with Gasteiger partial charge in [0.15, 0.2) is 4.80 Å². The summed E-state index contributed by atoms with van der Waals surface area (Å²) in [5, 5.41) is 14.0. The molecule has 0 aliphatic rings. The van der Waals surface area contributed by atoms with Crippen molar-refractivity contribution in [3.05, 3.63) is 64.0 Å². The van der Waals surface area contributed by atoms with E-state index in [0.717, 1.165) is 17.0 Å². The van der Waals surface area contributed by atoms with E-state index in [0.29, 0.717) is 30.0 Å². The molecule has 3 aromatic rings. The number of aliphatic hydroxyl groups is 1. The van der Waals surface area contributed by atoms with Gasteiger partial charge in [0.05, 0.1) is 24.1 Å². The molecule has 3 rings (SSSR count). The Hall–Kier alpha value is -3.30. The lowest BCUT2D eigenvalue weighted by Crippen LogP contribution is -2.24. The van der Waals surface area contributed by atoms with Gasteiger partial charge in [-0.25, -0.2) is 4.98 Å². The molecule has 2 aromatic heterocycles. The highest BCUT2D eigenvalue weighted by molar-refractivity contribution is 7.07. The van der Waals surface area contributed by atoms with E-state index in [2.05, 4.69) is 15.3 Å². The summed E-state index contributed by atoms with van der Waals surface area (Å²) >= 11 is 1.36. The number of benzene rings is 1. The molecule has 2 amide bonds. The van der Waals surface area contributed by atoms with Crippen molar-refractivity contribution in [1.82, 2.24) is 14.9 Å². The van der Waals surface area contributed by atoms with E-state index in [1.54, 1.807) is 18.2 Å². The molecule has 0 fully saturated rings. The average Bonchev–Trinajstić information content (AvgIpc) is 3.19. The first kappa shape index (κ1) is 24.3. The van der Waals surface area contributed by atoms with Gasteiger partial charge in [0.25, 0.3) is 5.91 Å². The number of hydrogen-bond donors (Lipinski definition) is 2. The maximum Gasteiger partial charge on any atom is 0.298 e. The lowest BCUT2D eigenvalue weighted by molar-refractivity contribution is -0.118. The summed E-state index contributed by atoms with van der Waals surface area (Å²) in [4.78, 5) is 33.0. The second-order valence-electron chi connectivity index (χ2n) is 7.67. The normalized spacial score (nSPS) is 11.6. The fourth-order valence-electron chi connectivity index (χ4n) is 3.17. The highest BCUT2D eigenvalue weighted by Gasteiger charge is 2.12. The Morgan fingerprint density at radius 2 is 1.97 bits per heavy atom. The highest BCUT2D eigenvalue weighted by Crippen LogP contribution is 2.24. The van der Waals surface area contributed by atoms with Crippen LogP contribution in [0, 0.1) is 0 Å². The average molecular weight is 469 g/mol. The van der Waals surface area contributed by atoms with Gasteiger partial charge in [-0.2, -0.15) is 4.99 Å². The SMILES string of the molecule is CC(=O)NCCCn1c(-c2ccc(OC(C)C)cc2)csc1=NC(=O)c1cccc(CO)n1. The van der Waals surface area contributed by atoms with E-state index in [1.165, 1.54) is 18.3 Å². The second kappa shape index (κ2) is 11.5. The van der Waals surface area contributed by atoms with E-state index in [9.17, 15) is 14.7 Å². The van der Waals surface area contributed by atoms with Crippen LogP contribution in [0.5, 0.6) is 5.75 Å². The molecule has 33 heavy (non-hydrogen) atoms. The van der Waals surface area contributed by atoms with Crippen molar-refractivity contribution in [3.8, 4) is 17.0 Å². The van der Waals surface area contributed by atoms with Crippen molar-refractivity contribution < 1.29 is 19.4 Å². The number of nitrogens with one attached hydrogen (secondary N) is 1. The molecule has 1 aromatic carbocycles. The molecule has 0 bridgehead atoms. The molecule has 2 N–H and O–H groups in total. The summed E-state index contributed by atoms with van der Waals surface area (Å²) in [5.74, 6) is 0.229. The minimum absolute atomic E-state index is 0.0822. The third kappa shape index (κ3) is 6.84. The Labute approximate surface area is 196 Å². The first-order valence-electron chi connectivity index (χ1n) is 10.7. The zero-order chi connectivity index (χ0) is 23.8. The number of thiazole rings is 1. The van der Waals surface area contributed by atoms with E-state index >= 15 is 0 Å². The summed E-state index contributed by atoms with van der Waals surface area (Å²) in [7, 11) is 0. The standard InChI is InChI=1S/C24H28N4O4S/c1-16(2)32-20-10-8-18(9-11-20)22-15-33-24(28(22)13-5-12-25-17(3)30)27-23(31)21-7-4-6-19(14-29)26-21/h4,6-11,15-16,29H,5,12-14H2,1-3H3,(H,25,30). The number of carbonyl (C=O) groups excluding carboxylic acids is 2. The van der Waals surface area contributed by atoms with Crippen molar-refractivity contribution in [2.24, 2.45) is 4.99 Å². The number of aromatic nitrogens is 2. The van der Waals surface area contributed by atoms with Crippen molar-refractivity contribution in [1.29, 1.82) is 0 Å². The third-order valence-electron chi connectivity index (χ3n) is 4.64. The second-order valence-corrected chi connectivity index (χ2v) is 8.51. The first-order chi connectivity index (χ1) is 15.9. The van der Waals surface area contributed by atoms with Crippen LogP contribution in [-0.2, 0) is 17.9 Å². The predicted octanol–water partition coefficient (Wildman–Crippen LogP) is 3.16. The van der Waals surface area contributed by atoms with Gasteiger partial charge in [-0.3, -0.25) is 9.59 Å². The van der Waals surface area contributed by atoms with Crippen LogP contribution in [0.1, 0.15) is 43.4 Å². The summed E-state index contributed by atoms with van der Waals surface area (Å²) in [6.07, 6.45) is 0.766. The van der Waals surface area contributed by atoms with E-state index in [4.69, 9.17) is 4.74 Å². The molecule has 0 saturated carbocycles. The monoisotopic (exact) mass is 468 g/mol. The van der Waals surface area contributed by atoms with Crippen LogP contribution in [0.4, 0.5) is 0 Å². The minimum Gasteiger partial charge on any atom is -0.491 e. The summed E-state index contributed by atoms with van der Waals surface area (Å²) < 4.78 is 7.70. The summed E-state index contributed by atoms with van der Waals surface area (Å²) in [5.41, 5.74) is 2.48. The maximum absolute atomic E-state index is 12.8. The van der Waals surface area contributed by atoms with Gasteiger partial charge < -0.3 is 19.7 Å². The molecule has 2 heterocycles. The zero-order valence-electron chi connectivity index (χ0n) is 18.9. The van der Waals surface area contributed by atoms with E-state index < -0.39 is 5.91 Å². The molecule has 9 heteroatoms. The Morgan fingerprint density at radius 1 is 1.21 bits per heavy atom. The van der Waals surface area contributed by atoms with Gasteiger partial charge in [0.1, 0.15) is 11.4 Å². The van der Waals surface area contributed by atoms with Crippen LogP contribution in [0.25, 0.3) is 11.3 Å². The lowest BCUT2D eigenvalue weighted by atomic mass is 10.1. The Kier molecular flexibility index (Phi) is 8.51. The Balaban J connectivity index is 1.94. The number of hydrogen-bond acceptors (Lipinski definition) is 6. The van der Waals surface area contributed by atoms with Crippen molar-refractivity contribution in [2.45, 2.75) is 46.4 Å². The van der Waals surface area contributed by atoms with Crippen molar-refractivity contribution in [3.63, 3.8) is 0 Å². The van der Waals surface area contributed by atoms with E-state index in [1.807, 2.05) is 48.1 Å². The van der Waals surface area contributed by atoms with Crippen LogP contribution < -0.4 is 14.9 Å². The topological polar surface area (TPSA) is 106 Å². The van der Waals surface area contributed by atoms with Crippen LogP contribution in [0.15, 0.2) is 52.8 Å². The molecular formula is C24H28N4O4S. The Morgan fingerprint density at radius 3 is 2.64 bits per heavy atom. The molecule has 174 valence electrons. The van der Waals surface area contributed by atoms with E-state index in [-0.39, 0.29) is 24.3 Å². The molecule has 0 aliphatic carbocycles. The predicted molar refractivity (Wildman–Crippen MR) is 127 cm³/mol. The zero-order valence-corrected chi connectivity index (χ0v) is 19.8. The van der Waals surface area contributed by atoms with Gasteiger partial charge in [0, 0.05) is 25.4 Å². The fraction of sp³-hybridized carbons (Fsp3) is 0.333. The number of nitrogens with zero attached hydrogens (tertiary/aromatic N) is 3. The van der Waals surface area contributed by atoms with Crippen LogP contribution in [0.3, 0.4) is 0 Å². The Bertz CT molecular complexity index is 1170. The molecule has 0 atom stereocenters. The number of ether oxygens (including phenoxy) is 1. The quantitative estimate of drug-likeness (QED) is 0.469. The fourth-order valence-corrected chi connectivity index (χ4v) is 4.11. The van der Waals surface area contributed by atoms with Crippen LogP contribution in [-0.4, -0.2) is 39.1 Å². The number of aliphatic hydroxyl groups excluding tert-OH is 1. The lowest BCUT2D eigenvalue weighted by Gasteiger charge is -2.12. The maximum atomic E-state index is 12.8. The van der Waals surface area contributed by atoms with Gasteiger partial charge in [-0.1, -0.05) is 6.07 Å². The molecule has 8 nitrogen and oxygen atoms in total. The number of amides is 2. The molecule has 0 spiro atoms. The largest absolute Gasteiger partial charge is 0.491 e. The van der Waals surface area contributed by atoms with Gasteiger partial charge in [-0.15, -0.1) is 11.3 Å². The minimum atomic E-state index is -0.477. The van der Waals surface area contributed by atoms with Gasteiger partial charge in [0.2, 0.25) is 5.91 Å². The number of pyridine rings is 1. The van der Waals surface area contributed by atoms with Gasteiger partial charge >= 0.3 is 0 Å². The summed E-state index contributed by atoms with van der Waals surface area (Å²) in [6.45, 7) is 6.28. The van der Waals surface area contributed by atoms with Crippen LogP contribution >= 0.6 is 11.3 Å². The number of carbonyl (C=O) groups is 2. The van der Waals surface area contributed by atoms with Crippen molar-refractivity contribution in [2.75, 3.05) is 6.54 Å². The first-order valence-corrected chi connectivity index (χ1v) is 11.6. The molecule has 0 unspecified atom stereocenters. The van der Waals surface area contributed by atoms with Gasteiger partial charge in [-0.05, 0) is 62.2 Å². The third-order valence-corrected chi connectivity index (χ3v) is 5.50. The summed E-state index contributed by atoms with van der Waals surface area (Å²) in [6, 6.07) is 12.7. The number of rotatable bonds is 9. The molecule has 0 saturated heterocycles. The van der Waals surface area contributed by atoms with Crippen molar-refractivity contribution >= 4 is 23.2 Å². The molecule has 0 radical (unpaired) electrons. The molecule has 0 aliphatic heterocycles. The highest BCUT2D eigenvalue weighted by atomic mass is 32.1. The smallest absolute Gasteiger partial charge is 0.298 e. The molecular weight excluding hydrogens is 440 g/mol.